The van der Waals surface area contributed by atoms with E-state index in [2.05, 4.69) is 17.6 Å². The lowest BCUT2D eigenvalue weighted by atomic mass is 10.0. The van der Waals surface area contributed by atoms with E-state index in [9.17, 15) is 4.79 Å². The molecule has 2 N–H and O–H groups in total. The number of benzene rings is 1. The van der Waals surface area contributed by atoms with Crippen LogP contribution in [0.15, 0.2) is 29.2 Å². The lowest BCUT2D eigenvalue weighted by Crippen LogP contribution is -2.48. The minimum atomic E-state index is 0.120. The SMILES string of the molecule is CCSc1ccc(NC(=O)C2CNC2)cc1. The van der Waals surface area contributed by atoms with Crippen LogP contribution in [0.25, 0.3) is 0 Å². The zero-order valence-electron chi connectivity index (χ0n) is 9.32. The zero-order chi connectivity index (χ0) is 11.4. The molecule has 1 saturated heterocycles. The van der Waals surface area contributed by atoms with Crippen LogP contribution in [0.5, 0.6) is 0 Å². The third-order valence-electron chi connectivity index (χ3n) is 2.59. The number of amides is 1. The van der Waals surface area contributed by atoms with Crippen LogP contribution >= 0.6 is 11.8 Å². The second-order valence-electron chi connectivity index (χ2n) is 3.80. The van der Waals surface area contributed by atoms with Crippen molar-refractivity contribution in [3.05, 3.63) is 24.3 Å². The Labute approximate surface area is 100.0 Å². The minimum absolute atomic E-state index is 0.120. The fourth-order valence-corrected chi connectivity index (χ4v) is 2.18. The monoisotopic (exact) mass is 236 g/mol. The van der Waals surface area contributed by atoms with Crippen LogP contribution in [0.1, 0.15) is 6.92 Å². The molecule has 0 aliphatic carbocycles. The number of hydrogen-bond acceptors (Lipinski definition) is 3. The number of carbonyl (C=O) groups is 1. The van der Waals surface area contributed by atoms with Crippen LogP contribution in [0.3, 0.4) is 0 Å². The summed E-state index contributed by atoms with van der Waals surface area (Å²) >= 11 is 1.80. The van der Waals surface area contributed by atoms with Crippen molar-refractivity contribution < 1.29 is 4.79 Å². The van der Waals surface area contributed by atoms with E-state index in [4.69, 9.17) is 0 Å². The molecule has 2 rings (SSSR count). The van der Waals surface area contributed by atoms with Gasteiger partial charge in [0.2, 0.25) is 5.91 Å². The van der Waals surface area contributed by atoms with Gasteiger partial charge in [-0.05, 0) is 30.0 Å². The molecule has 1 heterocycles. The first-order valence-electron chi connectivity index (χ1n) is 5.54. The van der Waals surface area contributed by atoms with Crippen LogP contribution < -0.4 is 10.6 Å². The van der Waals surface area contributed by atoms with Gasteiger partial charge in [0.1, 0.15) is 0 Å². The van der Waals surface area contributed by atoms with Crippen molar-refractivity contribution in [3.63, 3.8) is 0 Å². The Morgan fingerprint density at radius 1 is 1.44 bits per heavy atom. The molecule has 3 nitrogen and oxygen atoms in total. The molecule has 1 aromatic carbocycles. The summed E-state index contributed by atoms with van der Waals surface area (Å²) in [5.41, 5.74) is 0.886. The number of carbonyl (C=O) groups excluding carboxylic acids is 1. The largest absolute Gasteiger partial charge is 0.326 e. The predicted molar refractivity (Wildman–Crippen MR) is 67.8 cm³/mol. The molecule has 0 bridgehead atoms. The van der Waals surface area contributed by atoms with Crippen molar-refractivity contribution in [2.45, 2.75) is 11.8 Å². The molecular formula is C12H16N2OS. The fraction of sp³-hybridized carbons (Fsp3) is 0.417. The molecule has 0 radical (unpaired) electrons. The predicted octanol–water partition coefficient (Wildman–Crippen LogP) is 1.96. The maximum absolute atomic E-state index is 11.6. The second-order valence-corrected chi connectivity index (χ2v) is 5.14. The molecule has 1 aliphatic rings. The lowest BCUT2D eigenvalue weighted by Gasteiger charge is -2.25. The van der Waals surface area contributed by atoms with E-state index in [1.807, 2.05) is 24.3 Å². The van der Waals surface area contributed by atoms with E-state index < -0.39 is 0 Å². The van der Waals surface area contributed by atoms with Gasteiger partial charge in [0, 0.05) is 23.7 Å². The molecule has 16 heavy (non-hydrogen) atoms. The van der Waals surface area contributed by atoms with E-state index in [0.29, 0.717) is 0 Å². The Hall–Kier alpha value is -1.00. The molecular weight excluding hydrogens is 220 g/mol. The number of nitrogens with one attached hydrogen (secondary N) is 2. The summed E-state index contributed by atoms with van der Waals surface area (Å²) in [5.74, 6) is 1.33. The molecule has 0 spiro atoms. The van der Waals surface area contributed by atoms with Crippen LogP contribution in [0.2, 0.25) is 0 Å². The minimum Gasteiger partial charge on any atom is -0.326 e. The topological polar surface area (TPSA) is 41.1 Å². The van der Waals surface area contributed by atoms with Crippen molar-refractivity contribution in [1.29, 1.82) is 0 Å². The van der Waals surface area contributed by atoms with Crippen LogP contribution in [-0.4, -0.2) is 24.7 Å². The summed E-state index contributed by atoms with van der Waals surface area (Å²) < 4.78 is 0. The third kappa shape index (κ3) is 2.77. The average Bonchev–Trinajstić information content (AvgIpc) is 2.18. The van der Waals surface area contributed by atoms with Gasteiger partial charge in [-0.1, -0.05) is 6.92 Å². The standard InChI is InChI=1S/C12H16N2OS/c1-2-16-11-5-3-10(4-6-11)14-12(15)9-7-13-8-9/h3-6,9,13H,2,7-8H2,1H3,(H,14,15). The smallest absolute Gasteiger partial charge is 0.230 e. The number of rotatable bonds is 4. The zero-order valence-corrected chi connectivity index (χ0v) is 10.1. The summed E-state index contributed by atoms with van der Waals surface area (Å²) in [5, 5.41) is 6.01. The van der Waals surface area contributed by atoms with E-state index in [-0.39, 0.29) is 11.8 Å². The molecule has 1 amide bonds. The second kappa shape index (κ2) is 5.37. The molecule has 86 valence electrons. The van der Waals surface area contributed by atoms with E-state index in [1.165, 1.54) is 4.90 Å². The lowest BCUT2D eigenvalue weighted by molar-refractivity contribution is -0.121. The maximum atomic E-state index is 11.6. The van der Waals surface area contributed by atoms with Crippen molar-refractivity contribution >= 4 is 23.4 Å². The summed E-state index contributed by atoms with van der Waals surface area (Å²) in [4.78, 5) is 12.9. The Balaban J connectivity index is 1.91. The normalized spacial score (nSPS) is 15.6. The number of hydrogen-bond donors (Lipinski definition) is 2. The van der Waals surface area contributed by atoms with Crippen molar-refractivity contribution in [2.75, 3.05) is 24.2 Å². The van der Waals surface area contributed by atoms with E-state index in [1.54, 1.807) is 11.8 Å². The Bertz CT molecular complexity index is 360. The van der Waals surface area contributed by atoms with Gasteiger partial charge in [-0.25, -0.2) is 0 Å². The first-order chi connectivity index (χ1) is 7.79. The molecule has 1 aliphatic heterocycles. The van der Waals surface area contributed by atoms with Crippen LogP contribution in [0, 0.1) is 5.92 Å². The summed E-state index contributed by atoms with van der Waals surface area (Å²) in [7, 11) is 0. The molecule has 0 saturated carbocycles. The van der Waals surface area contributed by atoms with Crippen molar-refractivity contribution in [3.8, 4) is 0 Å². The Morgan fingerprint density at radius 2 is 2.12 bits per heavy atom. The summed E-state index contributed by atoms with van der Waals surface area (Å²) in [6, 6.07) is 8.01. The van der Waals surface area contributed by atoms with E-state index >= 15 is 0 Å². The summed E-state index contributed by atoms with van der Waals surface area (Å²) in [6.07, 6.45) is 0. The van der Waals surface area contributed by atoms with Crippen molar-refractivity contribution in [1.82, 2.24) is 5.32 Å². The highest BCUT2D eigenvalue weighted by molar-refractivity contribution is 7.99. The highest BCUT2D eigenvalue weighted by Crippen LogP contribution is 2.20. The molecule has 0 atom stereocenters. The van der Waals surface area contributed by atoms with Gasteiger partial charge in [0.15, 0.2) is 0 Å². The molecule has 0 aromatic heterocycles. The Morgan fingerprint density at radius 3 is 2.62 bits per heavy atom. The van der Waals surface area contributed by atoms with Gasteiger partial charge in [-0.15, -0.1) is 11.8 Å². The molecule has 4 heteroatoms. The summed E-state index contributed by atoms with van der Waals surface area (Å²) in [6.45, 7) is 3.73. The molecule has 0 unspecified atom stereocenters. The van der Waals surface area contributed by atoms with Gasteiger partial charge in [-0.3, -0.25) is 4.79 Å². The van der Waals surface area contributed by atoms with Gasteiger partial charge in [-0.2, -0.15) is 0 Å². The molecule has 1 fully saturated rings. The highest BCUT2D eigenvalue weighted by Gasteiger charge is 2.24. The van der Waals surface area contributed by atoms with Crippen LogP contribution in [0.4, 0.5) is 5.69 Å². The van der Waals surface area contributed by atoms with E-state index in [0.717, 1.165) is 24.5 Å². The first-order valence-corrected chi connectivity index (χ1v) is 6.52. The number of thioether (sulfide) groups is 1. The molecule has 1 aromatic rings. The van der Waals surface area contributed by atoms with Gasteiger partial charge < -0.3 is 10.6 Å². The van der Waals surface area contributed by atoms with Gasteiger partial charge >= 0.3 is 0 Å². The average molecular weight is 236 g/mol. The quantitative estimate of drug-likeness (QED) is 0.785. The van der Waals surface area contributed by atoms with Crippen LogP contribution in [-0.2, 0) is 4.79 Å². The third-order valence-corrected chi connectivity index (χ3v) is 3.48. The van der Waals surface area contributed by atoms with Gasteiger partial charge in [0.05, 0.1) is 5.92 Å². The highest BCUT2D eigenvalue weighted by atomic mass is 32.2. The van der Waals surface area contributed by atoms with Crippen molar-refractivity contribution in [2.24, 2.45) is 5.92 Å². The first kappa shape index (κ1) is 11.5. The van der Waals surface area contributed by atoms with Gasteiger partial charge in [0.25, 0.3) is 0 Å². The Kier molecular flexibility index (Phi) is 3.85. The number of anilines is 1. The fourth-order valence-electron chi connectivity index (χ4n) is 1.52. The maximum Gasteiger partial charge on any atom is 0.230 e.